The number of carbonyl (C=O) groups is 1. The number of ether oxygens (including phenoxy) is 1. The highest BCUT2D eigenvalue weighted by Crippen LogP contribution is 2.20. The van der Waals surface area contributed by atoms with Crippen molar-refractivity contribution in [1.82, 2.24) is 19.7 Å². The van der Waals surface area contributed by atoms with Crippen molar-refractivity contribution in [1.29, 1.82) is 0 Å². The largest absolute Gasteiger partial charge is 0.465 e. The molecule has 2 aromatic carbocycles. The minimum atomic E-state index is -0.359. The van der Waals surface area contributed by atoms with Crippen molar-refractivity contribution in [3.05, 3.63) is 66.0 Å². The molecule has 1 heterocycles. The molecule has 0 radical (unpaired) electrons. The van der Waals surface area contributed by atoms with Crippen LogP contribution >= 0.6 is 0 Å². The molecule has 0 aliphatic heterocycles. The maximum Gasteiger partial charge on any atom is 0.337 e. The van der Waals surface area contributed by atoms with Crippen molar-refractivity contribution in [3.63, 3.8) is 0 Å². The van der Waals surface area contributed by atoms with Crippen molar-refractivity contribution < 1.29 is 9.53 Å². The molecule has 0 atom stereocenters. The summed E-state index contributed by atoms with van der Waals surface area (Å²) in [6.07, 6.45) is 0. The standard InChI is InChI=1S/C19H20N4O2/c1-22(2)13-17-20-18(21-23(17)16-7-5-4-6-8-16)14-9-11-15(12-10-14)19(24)25-3/h4-12H,13H2,1-3H3. The summed E-state index contributed by atoms with van der Waals surface area (Å²) in [7, 11) is 5.36. The number of carbonyl (C=O) groups excluding carboxylic acids is 1. The zero-order valence-electron chi connectivity index (χ0n) is 14.5. The van der Waals surface area contributed by atoms with Gasteiger partial charge in [0.05, 0.1) is 24.9 Å². The summed E-state index contributed by atoms with van der Waals surface area (Å²) in [4.78, 5) is 18.3. The van der Waals surface area contributed by atoms with Crippen LogP contribution in [0.5, 0.6) is 0 Å². The molecule has 128 valence electrons. The molecule has 3 aromatic rings. The fourth-order valence-corrected chi connectivity index (χ4v) is 2.50. The molecule has 3 rings (SSSR count). The van der Waals surface area contributed by atoms with Gasteiger partial charge in [0.1, 0.15) is 5.82 Å². The third kappa shape index (κ3) is 3.75. The predicted octanol–water partition coefficient (Wildman–Crippen LogP) is 2.78. The van der Waals surface area contributed by atoms with E-state index in [0.29, 0.717) is 17.9 Å². The summed E-state index contributed by atoms with van der Waals surface area (Å²) < 4.78 is 6.58. The maximum atomic E-state index is 11.6. The second-order valence-corrected chi connectivity index (χ2v) is 5.91. The summed E-state index contributed by atoms with van der Waals surface area (Å²) in [6.45, 7) is 0.669. The van der Waals surface area contributed by atoms with Crippen LogP contribution < -0.4 is 0 Å². The monoisotopic (exact) mass is 336 g/mol. The van der Waals surface area contributed by atoms with Gasteiger partial charge in [0.25, 0.3) is 0 Å². The van der Waals surface area contributed by atoms with Crippen molar-refractivity contribution in [2.75, 3.05) is 21.2 Å². The zero-order valence-corrected chi connectivity index (χ0v) is 14.5. The second-order valence-electron chi connectivity index (χ2n) is 5.91. The average molecular weight is 336 g/mol. The molecule has 0 saturated heterocycles. The first kappa shape index (κ1) is 16.9. The van der Waals surface area contributed by atoms with E-state index in [4.69, 9.17) is 4.74 Å². The van der Waals surface area contributed by atoms with E-state index in [0.717, 1.165) is 17.1 Å². The Kier molecular flexibility index (Phi) is 4.90. The van der Waals surface area contributed by atoms with E-state index in [2.05, 4.69) is 10.1 Å². The van der Waals surface area contributed by atoms with Crippen LogP contribution in [0.4, 0.5) is 0 Å². The molecular weight excluding hydrogens is 316 g/mol. The van der Waals surface area contributed by atoms with E-state index in [1.807, 2.05) is 66.1 Å². The Morgan fingerprint density at radius 3 is 2.36 bits per heavy atom. The van der Waals surface area contributed by atoms with E-state index >= 15 is 0 Å². The van der Waals surface area contributed by atoms with Gasteiger partial charge in [0.15, 0.2) is 5.82 Å². The number of nitrogens with zero attached hydrogens (tertiary/aromatic N) is 4. The van der Waals surface area contributed by atoms with Gasteiger partial charge >= 0.3 is 5.97 Å². The van der Waals surface area contributed by atoms with Crippen molar-refractivity contribution in [2.45, 2.75) is 6.54 Å². The maximum absolute atomic E-state index is 11.6. The molecule has 0 unspecified atom stereocenters. The van der Waals surface area contributed by atoms with Gasteiger partial charge in [0.2, 0.25) is 0 Å². The van der Waals surface area contributed by atoms with Crippen LogP contribution in [-0.4, -0.2) is 46.8 Å². The summed E-state index contributed by atoms with van der Waals surface area (Å²) in [6, 6.07) is 17.0. The zero-order chi connectivity index (χ0) is 17.8. The summed E-state index contributed by atoms with van der Waals surface area (Å²) in [5.74, 6) is 1.11. The number of aromatic nitrogens is 3. The van der Waals surface area contributed by atoms with E-state index in [1.165, 1.54) is 7.11 Å². The van der Waals surface area contributed by atoms with Gasteiger partial charge < -0.3 is 9.64 Å². The topological polar surface area (TPSA) is 60.2 Å². The molecule has 6 nitrogen and oxygen atoms in total. The van der Waals surface area contributed by atoms with Crippen LogP contribution in [0.25, 0.3) is 17.1 Å². The van der Waals surface area contributed by atoms with Gasteiger partial charge in [-0.05, 0) is 38.4 Å². The highest BCUT2D eigenvalue weighted by Gasteiger charge is 2.14. The number of methoxy groups -OCH3 is 1. The molecule has 6 heteroatoms. The van der Waals surface area contributed by atoms with Gasteiger partial charge in [-0.1, -0.05) is 30.3 Å². The lowest BCUT2D eigenvalue weighted by Gasteiger charge is -2.10. The molecular formula is C19H20N4O2. The molecule has 0 aliphatic carbocycles. The van der Waals surface area contributed by atoms with Crippen LogP contribution in [0, 0.1) is 0 Å². The Balaban J connectivity index is 1.99. The SMILES string of the molecule is COC(=O)c1ccc(-c2nc(CN(C)C)n(-c3ccccc3)n2)cc1. The number of hydrogen-bond acceptors (Lipinski definition) is 5. The molecule has 0 spiro atoms. The fraction of sp³-hybridized carbons (Fsp3) is 0.211. The van der Waals surface area contributed by atoms with Crippen molar-refractivity contribution >= 4 is 5.97 Å². The van der Waals surface area contributed by atoms with E-state index < -0.39 is 0 Å². The number of rotatable bonds is 5. The first-order chi connectivity index (χ1) is 12.1. The van der Waals surface area contributed by atoms with Crippen LogP contribution in [0.15, 0.2) is 54.6 Å². The van der Waals surface area contributed by atoms with Crippen molar-refractivity contribution in [3.8, 4) is 17.1 Å². The van der Waals surface area contributed by atoms with Crippen LogP contribution in [0.2, 0.25) is 0 Å². The van der Waals surface area contributed by atoms with Crippen LogP contribution in [0.1, 0.15) is 16.2 Å². The van der Waals surface area contributed by atoms with Gasteiger partial charge in [-0.3, -0.25) is 0 Å². The smallest absolute Gasteiger partial charge is 0.337 e. The van der Waals surface area contributed by atoms with E-state index in [-0.39, 0.29) is 5.97 Å². The number of para-hydroxylation sites is 1. The molecule has 0 bridgehead atoms. The van der Waals surface area contributed by atoms with Gasteiger partial charge in [0, 0.05) is 5.56 Å². The second kappa shape index (κ2) is 7.27. The third-order valence-corrected chi connectivity index (χ3v) is 3.70. The Labute approximate surface area is 146 Å². The number of benzene rings is 2. The summed E-state index contributed by atoms with van der Waals surface area (Å²) in [5.41, 5.74) is 2.31. The first-order valence-corrected chi connectivity index (χ1v) is 7.93. The molecule has 0 aliphatic rings. The molecule has 0 amide bonds. The fourth-order valence-electron chi connectivity index (χ4n) is 2.50. The third-order valence-electron chi connectivity index (χ3n) is 3.70. The number of esters is 1. The lowest BCUT2D eigenvalue weighted by atomic mass is 10.1. The van der Waals surface area contributed by atoms with Gasteiger partial charge in [-0.2, -0.15) is 0 Å². The van der Waals surface area contributed by atoms with Gasteiger partial charge in [-0.25, -0.2) is 14.5 Å². The summed E-state index contributed by atoms with van der Waals surface area (Å²) in [5, 5.41) is 4.66. The van der Waals surface area contributed by atoms with Gasteiger partial charge in [-0.15, -0.1) is 5.10 Å². The average Bonchev–Trinajstić information content (AvgIpc) is 3.05. The van der Waals surface area contributed by atoms with E-state index in [9.17, 15) is 4.79 Å². The van der Waals surface area contributed by atoms with Crippen molar-refractivity contribution in [2.24, 2.45) is 0 Å². The summed E-state index contributed by atoms with van der Waals surface area (Å²) >= 11 is 0. The molecule has 0 N–H and O–H groups in total. The normalized spacial score (nSPS) is 10.9. The predicted molar refractivity (Wildman–Crippen MR) is 95.5 cm³/mol. The minimum Gasteiger partial charge on any atom is -0.465 e. The minimum absolute atomic E-state index is 0.359. The highest BCUT2D eigenvalue weighted by atomic mass is 16.5. The number of hydrogen-bond donors (Lipinski definition) is 0. The van der Waals surface area contributed by atoms with E-state index in [1.54, 1.807) is 12.1 Å². The molecule has 25 heavy (non-hydrogen) atoms. The molecule has 0 saturated carbocycles. The Morgan fingerprint density at radius 1 is 1.08 bits per heavy atom. The Bertz CT molecular complexity index is 855. The lowest BCUT2D eigenvalue weighted by Crippen LogP contribution is -2.15. The van der Waals surface area contributed by atoms with Crippen LogP contribution in [-0.2, 0) is 11.3 Å². The highest BCUT2D eigenvalue weighted by molar-refractivity contribution is 5.89. The Morgan fingerprint density at radius 2 is 1.76 bits per heavy atom. The lowest BCUT2D eigenvalue weighted by molar-refractivity contribution is 0.0601. The quantitative estimate of drug-likeness (QED) is 0.671. The molecule has 1 aromatic heterocycles. The first-order valence-electron chi connectivity index (χ1n) is 7.93. The molecule has 0 fully saturated rings. The van der Waals surface area contributed by atoms with Crippen LogP contribution in [0.3, 0.4) is 0 Å². The Hall–Kier alpha value is -2.99.